The predicted molar refractivity (Wildman–Crippen MR) is 108 cm³/mol. The van der Waals surface area contributed by atoms with E-state index >= 15 is 0 Å². The third kappa shape index (κ3) is 4.38. The number of hydrogen-bond acceptors (Lipinski definition) is 6. The molecule has 0 saturated carbocycles. The summed E-state index contributed by atoms with van der Waals surface area (Å²) in [7, 11) is -4.75. The van der Waals surface area contributed by atoms with Crippen molar-refractivity contribution in [3.05, 3.63) is 48.0 Å². The standard InChI is InChI=1S/C19H20N2O6S2/c22-19(21-6-10-28(23)11-7-21)14-2-1-3-15(12-14)20-29(24,25)16-4-5-17-18(13-16)27-9-8-26-17/h1-5,12-13,20H,6-11H2. The zero-order valence-corrected chi connectivity index (χ0v) is 17.1. The first-order valence-corrected chi connectivity index (χ1v) is 12.1. The first kappa shape index (κ1) is 19.7. The molecule has 0 bridgehead atoms. The van der Waals surface area contributed by atoms with Gasteiger partial charge in [-0.25, -0.2) is 8.42 Å². The van der Waals surface area contributed by atoms with E-state index in [0.717, 1.165) is 0 Å². The number of carbonyl (C=O) groups excluding carboxylic acids is 1. The molecule has 2 aromatic carbocycles. The van der Waals surface area contributed by atoms with Gasteiger partial charge in [-0.2, -0.15) is 0 Å². The summed E-state index contributed by atoms with van der Waals surface area (Å²) < 4.78 is 50.4. The lowest BCUT2D eigenvalue weighted by atomic mass is 10.2. The average Bonchev–Trinajstić information content (AvgIpc) is 2.73. The molecule has 1 saturated heterocycles. The number of hydrogen-bond donors (Lipinski definition) is 1. The number of fused-ring (bicyclic) bond motifs is 1. The fraction of sp³-hybridized carbons (Fsp3) is 0.316. The summed E-state index contributed by atoms with van der Waals surface area (Å²) in [5.41, 5.74) is 0.659. The Morgan fingerprint density at radius 1 is 1.00 bits per heavy atom. The van der Waals surface area contributed by atoms with Crippen molar-refractivity contribution in [3.8, 4) is 11.5 Å². The molecule has 0 aromatic heterocycles. The fourth-order valence-corrected chi connectivity index (χ4v) is 5.26. The molecule has 1 amide bonds. The highest BCUT2D eigenvalue weighted by Crippen LogP contribution is 2.32. The van der Waals surface area contributed by atoms with Crippen molar-refractivity contribution >= 4 is 32.4 Å². The molecule has 8 nitrogen and oxygen atoms in total. The maximum atomic E-state index is 12.8. The average molecular weight is 437 g/mol. The molecular weight excluding hydrogens is 416 g/mol. The Hall–Kier alpha value is -2.59. The maximum Gasteiger partial charge on any atom is 0.262 e. The minimum absolute atomic E-state index is 0.0389. The van der Waals surface area contributed by atoms with Gasteiger partial charge in [0.15, 0.2) is 11.5 Å². The summed E-state index contributed by atoms with van der Waals surface area (Å²) in [5.74, 6) is 1.60. The van der Waals surface area contributed by atoms with Gasteiger partial charge in [-0.3, -0.25) is 13.7 Å². The number of sulfonamides is 1. The van der Waals surface area contributed by atoms with Crippen LogP contribution in [-0.4, -0.2) is 61.2 Å². The first-order chi connectivity index (χ1) is 13.9. The quantitative estimate of drug-likeness (QED) is 0.779. The summed E-state index contributed by atoms with van der Waals surface area (Å²) in [5, 5.41) is 0. The third-order valence-electron chi connectivity index (χ3n) is 4.65. The van der Waals surface area contributed by atoms with E-state index in [9.17, 15) is 17.4 Å². The number of nitrogens with one attached hydrogen (secondary N) is 1. The van der Waals surface area contributed by atoms with Gasteiger partial charge in [0.1, 0.15) is 13.2 Å². The van der Waals surface area contributed by atoms with Gasteiger partial charge < -0.3 is 14.4 Å². The SMILES string of the molecule is O=C(c1cccc(NS(=O)(=O)c2ccc3c(c2)OCCO3)c1)N1CCS(=O)CC1. The summed E-state index contributed by atoms with van der Waals surface area (Å²) in [4.78, 5) is 14.3. The number of benzene rings is 2. The highest BCUT2D eigenvalue weighted by Gasteiger charge is 2.23. The van der Waals surface area contributed by atoms with Crippen LogP contribution in [0.1, 0.15) is 10.4 Å². The van der Waals surface area contributed by atoms with E-state index in [4.69, 9.17) is 9.47 Å². The van der Waals surface area contributed by atoms with Gasteiger partial charge in [0.2, 0.25) is 0 Å². The number of amides is 1. The van der Waals surface area contributed by atoms with E-state index in [1.54, 1.807) is 29.2 Å². The van der Waals surface area contributed by atoms with Crippen molar-refractivity contribution < 1.29 is 26.9 Å². The second-order valence-electron chi connectivity index (χ2n) is 6.63. The van der Waals surface area contributed by atoms with Crippen LogP contribution in [0.5, 0.6) is 11.5 Å². The molecule has 0 atom stereocenters. The molecule has 0 unspecified atom stereocenters. The Balaban J connectivity index is 1.52. The molecule has 0 aliphatic carbocycles. The van der Waals surface area contributed by atoms with Gasteiger partial charge in [-0.05, 0) is 30.3 Å². The van der Waals surface area contributed by atoms with Crippen LogP contribution in [0.2, 0.25) is 0 Å². The van der Waals surface area contributed by atoms with Crippen LogP contribution in [0.25, 0.3) is 0 Å². The van der Waals surface area contributed by atoms with E-state index in [0.29, 0.717) is 54.9 Å². The number of nitrogens with zero attached hydrogens (tertiary/aromatic N) is 1. The second-order valence-corrected chi connectivity index (χ2v) is 10.0. The smallest absolute Gasteiger partial charge is 0.262 e. The molecule has 2 aliphatic rings. The monoisotopic (exact) mass is 436 g/mol. The number of carbonyl (C=O) groups is 1. The first-order valence-electron chi connectivity index (χ1n) is 9.09. The van der Waals surface area contributed by atoms with Crippen LogP contribution in [0.15, 0.2) is 47.4 Å². The summed E-state index contributed by atoms with van der Waals surface area (Å²) in [6, 6.07) is 10.8. The number of anilines is 1. The summed E-state index contributed by atoms with van der Waals surface area (Å²) in [6.07, 6.45) is 0. The van der Waals surface area contributed by atoms with E-state index in [2.05, 4.69) is 4.72 Å². The van der Waals surface area contributed by atoms with Crippen LogP contribution < -0.4 is 14.2 Å². The zero-order valence-electron chi connectivity index (χ0n) is 15.5. The summed E-state index contributed by atoms with van der Waals surface area (Å²) >= 11 is 0. The van der Waals surface area contributed by atoms with E-state index in [1.807, 2.05) is 0 Å². The topological polar surface area (TPSA) is 102 Å². The van der Waals surface area contributed by atoms with Crippen molar-refractivity contribution in [1.82, 2.24) is 4.90 Å². The Morgan fingerprint density at radius 3 is 2.48 bits per heavy atom. The Bertz CT molecular complexity index is 1060. The zero-order chi connectivity index (χ0) is 20.4. The van der Waals surface area contributed by atoms with Crippen LogP contribution in [0.4, 0.5) is 5.69 Å². The molecule has 10 heteroatoms. The molecule has 1 fully saturated rings. The van der Waals surface area contributed by atoms with E-state index in [-0.39, 0.29) is 16.5 Å². The minimum atomic E-state index is -3.87. The minimum Gasteiger partial charge on any atom is -0.486 e. The molecule has 2 aromatic rings. The maximum absolute atomic E-state index is 12.8. The fourth-order valence-electron chi connectivity index (χ4n) is 3.14. The van der Waals surface area contributed by atoms with Gasteiger partial charge in [0.25, 0.3) is 15.9 Å². The molecule has 4 rings (SSSR count). The Kier molecular flexibility index (Phi) is 5.46. The highest BCUT2D eigenvalue weighted by molar-refractivity contribution is 7.92. The summed E-state index contributed by atoms with van der Waals surface area (Å²) in [6.45, 7) is 1.64. The normalized spacial score (nSPS) is 17.0. The lowest BCUT2D eigenvalue weighted by Crippen LogP contribution is -2.41. The van der Waals surface area contributed by atoms with Crippen molar-refractivity contribution in [1.29, 1.82) is 0 Å². The molecule has 2 heterocycles. The predicted octanol–water partition coefficient (Wildman–Crippen LogP) is 1.46. The van der Waals surface area contributed by atoms with Crippen molar-refractivity contribution in [2.75, 3.05) is 42.5 Å². The van der Waals surface area contributed by atoms with Crippen molar-refractivity contribution in [2.45, 2.75) is 4.90 Å². The lowest BCUT2D eigenvalue weighted by Gasteiger charge is -2.26. The molecule has 154 valence electrons. The molecule has 0 radical (unpaired) electrons. The number of ether oxygens (including phenoxy) is 2. The van der Waals surface area contributed by atoms with Crippen molar-refractivity contribution in [2.24, 2.45) is 0 Å². The number of rotatable bonds is 4. The van der Waals surface area contributed by atoms with Crippen LogP contribution >= 0.6 is 0 Å². The Morgan fingerprint density at radius 2 is 1.72 bits per heavy atom. The Labute approximate surface area is 171 Å². The largest absolute Gasteiger partial charge is 0.486 e. The van der Waals surface area contributed by atoms with E-state index in [1.165, 1.54) is 18.2 Å². The van der Waals surface area contributed by atoms with Crippen LogP contribution in [0, 0.1) is 0 Å². The third-order valence-corrected chi connectivity index (χ3v) is 7.31. The molecule has 2 aliphatic heterocycles. The van der Waals surface area contributed by atoms with Crippen molar-refractivity contribution in [3.63, 3.8) is 0 Å². The lowest BCUT2D eigenvalue weighted by molar-refractivity contribution is 0.0771. The molecule has 0 spiro atoms. The molecular formula is C19H20N2O6S2. The molecule has 1 N–H and O–H groups in total. The van der Waals surface area contributed by atoms with Gasteiger partial charge in [0.05, 0.1) is 4.90 Å². The van der Waals surface area contributed by atoms with Crippen LogP contribution in [0.3, 0.4) is 0 Å². The second kappa shape index (κ2) is 8.03. The van der Waals surface area contributed by atoms with Gasteiger partial charge in [-0.1, -0.05) is 6.07 Å². The van der Waals surface area contributed by atoms with Gasteiger partial charge in [-0.15, -0.1) is 0 Å². The molecule has 29 heavy (non-hydrogen) atoms. The highest BCUT2D eigenvalue weighted by atomic mass is 32.2. The van der Waals surface area contributed by atoms with Crippen LogP contribution in [-0.2, 0) is 20.8 Å². The van der Waals surface area contributed by atoms with Gasteiger partial charge >= 0.3 is 0 Å². The van der Waals surface area contributed by atoms with E-state index < -0.39 is 20.8 Å². The van der Waals surface area contributed by atoms with Gasteiger partial charge in [0, 0.05) is 52.7 Å².